The molecular weight excluding hydrogens is 350 g/mol. The summed E-state index contributed by atoms with van der Waals surface area (Å²) in [6.45, 7) is 10.5. The molecule has 0 saturated carbocycles. The maximum atomic E-state index is 5.42. The minimum Gasteiger partial charge on any atom is -0.469 e. The van der Waals surface area contributed by atoms with E-state index in [1.54, 1.807) is 6.26 Å². The van der Waals surface area contributed by atoms with Gasteiger partial charge >= 0.3 is 0 Å². The predicted octanol–water partition coefficient (Wildman–Crippen LogP) is 4.61. The number of aryl methyl sites for hydroxylation is 2. The van der Waals surface area contributed by atoms with Gasteiger partial charge in [0.1, 0.15) is 5.76 Å². The van der Waals surface area contributed by atoms with Crippen molar-refractivity contribution < 1.29 is 8.94 Å². The van der Waals surface area contributed by atoms with Crippen molar-refractivity contribution in [2.75, 3.05) is 0 Å². The first kappa shape index (κ1) is 18.4. The van der Waals surface area contributed by atoms with Gasteiger partial charge in [0.15, 0.2) is 16.8 Å². The highest BCUT2D eigenvalue weighted by molar-refractivity contribution is 7.99. The molecule has 0 spiro atoms. The zero-order chi connectivity index (χ0) is 18.5. The largest absolute Gasteiger partial charge is 0.469 e. The lowest BCUT2D eigenvalue weighted by Gasteiger charge is -2.09. The summed E-state index contributed by atoms with van der Waals surface area (Å²) in [6, 6.07) is 1.90. The summed E-state index contributed by atoms with van der Waals surface area (Å²) in [5.74, 6) is 2.94. The van der Waals surface area contributed by atoms with Gasteiger partial charge in [-0.25, -0.2) is 0 Å². The third-order valence-corrected chi connectivity index (χ3v) is 5.06. The molecule has 0 aliphatic rings. The van der Waals surface area contributed by atoms with Crippen molar-refractivity contribution >= 4 is 11.8 Å². The Kier molecular flexibility index (Phi) is 5.92. The maximum Gasteiger partial charge on any atom is 0.239 e. The van der Waals surface area contributed by atoms with Gasteiger partial charge in [-0.15, -0.1) is 16.8 Å². The number of aromatic nitrogens is 5. The highest BCUT2D eigenvalue weighted by Crippen LogP contribution is 2.35. The van der Waals surface area contributed by atoms with E-state index in [-0.39, 0.29) is 5.25 Å². The van der Waals surface area contributed by atoms with Crippen molar-refractivity contribution in [2.45, 2.75) is 57.0 Å². The topological polar surface area (TPSA) is 82.8 Å². The Morgan fingerprint density at radius 2 is 2.23 bits per heavy atom. The lowest BCUT2D eigenvalue weighted by Crippen LogP contribution is -2.02. The van der Waals surface area contributed by atoms with E-state index in [0.717, 1.165) is 47.4 Å². The molecule has 0 aliphatic carbocycles. The molecule has 3 aromatic heterocycles. The molecule has 0 saturated heterocycles. The molecule has 26 heavy (non-hydrogen) atoms. The Labute approximate surface area is 156 Å². The van der Waals surface area contributed by atoms with Gasteiger partial charge in [0, 0.05) is 13.0 Å². The monoisotopic (exact) mass is 373 g/mol. The Balaban J connectivity index is 1.81. The molecule has 7 nitrogen and oxygen atoms in total. The number of rotatable bonds is 9. The van der Waals surface area contributed by atoms with Gasteiger partial charge in [-0.3, -0.25) is 4.57 Å². The minimum absolute atomic E-state index is 0.0241. The number of furan rings is 1. The van der Waals surface area contributed by atoms with Crippen LogP contribution in [0, 0.1) is 6.92 Å². The summed E-state index contributed by atoms with van der Waals surface area (Å²) in [5, 5.41) is 13.5. The predicted molar refractivity (Wildman–Crippen MR) is 99.8 cm³/mol. The van der Waals surface area contributed by atoms with Crippen LogP contribution >= 0.6 is 11.8 Å². The van der Waals surface area contributed by atoms with E-state index in [1.165, 1.54) is 11.8 Å². The Morgan fingerprint density at radius 1 is 1.38 bits per heavy atom. The summed E-state index contributed by atoms with van der Waals surface area (Å²) in [6.07, 6.45) is 6.49. The summed E-state index contributed by atoms with van der Waals surface area (Å²) < 4.78 is 12.8. The molecule has 0 radical (unpaired) electrons. The summed E-state index contributed by atoms with van der Waals surface area (Å²) in [4.78, 5) is 4.50. The molecule has 3 rings (SSSR count). The first-order chi connectivity index (χ1) is 12.6. The quantitative estimate of drug-likeness (QED) is 0.400. The van der Waals surface area contributed by atoms with E-state index in [0.29, 0.717) is 12.4 Å². The highest BCUT2D eigenvalue weighted by atomic mass is 32.2. The van der Waals surface area contributed by atoms with Crippen molar-refractivity contribution in [3.05, 3.63) is 42.5 Å². The summed E-state index contributed by atoms with van der Waals surface area (Å²) >= 11 is 1.54. The standard InChI is InChI=1S/C18H23N5O2S/c1-5-7-8-15-19-17(25-22-15)13(4)26-18-21-20-16(23(18)10-6-2)14-9-11-24-12(14)3/h6,9,11,13H,2,5,7-8,10H2,1,3-4H3. The van der Waals surface area contributed by atoms with Crippen LogP contribution < -0.4 is 0 Å². The van der Waals surface area contributed by atoms with Gasteiger partial charge in [0.2, 0.25) is 5.89 Å². The fraction of sp³-hybridized carbons (Fsp3) is 0.444. The molecule has 0 N–H and O–H groups in total. The normalized spacial score (nSPS) is 12.4. The van der Waals surface area contributed by atoms with E-state index in [1.807, 2.05) is 30.6 Å². The smallest absolute Gasteiger partial charge is 0.239 e. The number of unbranched alkanes of at least 4 members (excludes halogenated alkanes) is 1. The zero-order valence-corrected chi connectivity index (χ0v) is 16.1. The molecule has 3 aromatic rings. The molecule has 1 atom stereocenters. The lowest BCUT2D eigenvalue weighted by atomic mass is 10.2. The van der Waals surface area contributed by atoms with E-state index in [9.17, 15) is 0 Å². The molecule has 0 fully saturated rings. The summed E-state index contributed by atoms with van der Waals surface area (Å²) in [7, 11) is 0. The van der Waals surface area contributed by atoms with Crippen molar-refractivity contribution in [3.63, 3.8) is 0 Å². The van der Waals surface area contributed by atoms with E-state index in [2.05, 4.69) is 33.8 Å². The lowest BCUT2D eigenvalue weighted by molar-refractivity contribution is 0.374. The van der Waals surface area contributed by atoms with Gasteiger partial charge in [-0.1, -0.05) is 36.3 Å². The minimum atomic E-state index is -0.0241. The fourth-order valence-electron chi connectivity index (χ4n) is 2.56. The van der Waals surface area contributed by atoms with E-state index < -0.39 is 0 Å². The Hall–Kier alpha value is -2.35. The third-order valence-electron chi connectivity index (χ3n) is 4.00. The third kappa shape index (κ3) is 3.90. The van der Waals surface area contributed by atoms with Crippen LogP contribution in [0.15, 0.2) is 39.1 Å². The summed E-state index contributed by atoms with van der Waals surface area (Å²) in [5.41, 5.74) is 0.929. The SMILES string of the molecule is C=CCn1c(SC(C)c2nc(CCCC)no2)nnc1-c1ccoc1C. The van der Waals surface area contributed by atoms with Crippen LogP contribution in [0.4, 0.5) is 0 Å². The highest BCUT2D eigenvalue weighted by Gasteiger charge is 2.22. The molecule has 138 valence electrons. The van der Waals surface area contributed by atoms with E-state index in [4.69, 9.17) is 8.94 Å². The van der Waals surface area contributed by atoms with Gasteiger partial charge in [-0.2, -0.15) is 4.98 Å². The second-order valence-electron chi connectivity index (χ2n) is 6.01. The molecule has 0 amide bonds. The van der Waals surface area contributed by atoms with Crippen LogP contribution in [0.3, 0.4) is 0 Å². The second-order valence-corrected chi connectivity index (χ2v) is 7.32. The van der Waals surface area contributed by atoms with Crippen LogP contribution in [-0.4, -0.2) is 24.9 Å². The first-order valence-electron chi connectivity index (χ1n) is 8.71. The number of nitrogens with zero attached hydrogens (tertiary/aromatic N) is 5. The van der Waals surface area contributed by atoms with Gasteiger partial charge in [0.05, 0.1) is 17.1 Å². The molecule has 0 aliphatic heterocycles. The number of hydrogen-bond acceptors (Lipinski definition) is 7. The first-order valence-corrected chi connectivity index (χ1v) is 9.59. The van der Waals surface area contributed by atoms with Gasteiger partial charge in [0.25, 0.3) is 0 Å². The van der Waals surface area contributed by atoms with Crippen molar-refractivity contribution in [1.29, 1.82) is 0 Å². The average molecular weight is 373 g/mol. The number of hydrogen-bond donors (Lipinski definition) is 0. The van der Waals surface area contributed by atoms with Crippen LogP contribution in [0.2, 0.25) is 0 Å². The molecule has 3 heterocycles. The van der Waals surface area contributed by atoms with Crippen LogP contribution in [0.1, 0.15) is 49.4 Å². The van der Waals surface area contributed by atoms with Crippen molar-refractivity contribution in [3.8, 4) is 11.4 Å². The van der Waals surface area contributed by atoms with Crippen molar-refractivity contribution in [2.24, 2.45) is 0 Å². The second kappa shape index (κ2) is 8.35. The Morgan fingerprint density at radius 3 is 2.92 bits per heavy atom. The van der Waals surface area contributed by atoms with Gasteiger partial charge in [-0.05, 0) is 26.3 Å². The van der Waals surface area contributed by atoms with Crippen molar-refractivity contribution in [1.82, 2.24) is 24.9 Å². The molecular formula is C18H23N5O2S. The van der Waals surface area contributed by atoms with Crippen LogP contribution in [-0.2, 0) is 13.0 Å². The maximum absolute atomic E-state index is 5.42. The zero-order valence-electron chi connectivity index (χ0n) is 15.3. The number of allylic oxidation sites excluding steroid dienone is 1. The fourth-order valence-corrected chi connectivity index (χ4v) is 3.45. The Bertz CT molecular complexity index is 867. The molecule has 0 bridgehead atoms. The average Bonchev–Trinajstić information content (AvgIpc) is 3.34. The van der Waals surface area contributed by atoms with E-state index >= 15 is 0 Å². The molecule has 1 unspecified atom stereocenters. The van der Waals surface area contributed by atoms with Crippen LogP contribution in [0.25, 0.3) is 11.4 Å². The molecule has 0 aromatic carbocycles. The number of thioether (sulfide) groups is 1. The van der Waals surface area contributed by atoms with Gasteiger partial charge < -0.3 is 8.94 Å². The molecule has 8 heteroatoms. The van der Waals surface area contributed by atoms with Crippen LogP contribution in [0.5, 0.6) is 0 Å².